The van der Waals surface area contributed by atoms with Gasteiger partial charge in [-0.3, -0.25) is 30.9 Å². The van der Waals surface area contributed by atoms with Crippen molar-refractivity contribution in [2.24, 2.45) is 4.99 Å². The molecule has 168 valence electrons. The van der Waals surface area contributed by atoms with E-state index < -0.39 is 35.6 Å². The number of anilines is 1. The summed E-state index contributed by atoms with van der Waals surface area (Å²) in [6.45, 7) is 0. The number of benzene rings is 2. The number of aliphatic imine (C=N–C) groups is 1. The Hall–Kier alpha value is -4.09. The molecule has 4 amide bonds. The van der Waals surface area contributed by atoms with Gasteiger partial charge in [0.05, 0.1) is 12.0 Å². The van der Waals surface area contributed by atoms with Gasteiger partial charge in [-0.25, -0.2) is 10.2 Å². The van der Waals surface area contributed by atoms with Gasteiger partial charge in [0.15, 0.2) is 0 Å². The maximum Gasteiger partial charge on any atom is 0.416 e. The van der Waals surface area contributed by atoms with Crippen LogP contribution in [0.2, 0.25) is 0 Å². The molecular weight excluding hydrogens is 429 g/mol. The number of hydrogen-bond donors (Lipinski definition) is 5. The molecule has 12 heteroatoms. The van der Waals surface area contributed by atoms with E-state index in [1.807, 2.05) is 35.8 Å². The van der Waals surface area contributed by atoms with Crippen molar-refractivity contribution in [1.82, 2.24) is 21.7 Å². The molecule has 0 fully saturated rings. The average molecular weight is 448 g/mol. The Balaban J connectivity index is 1.51. The third-order valence-electron chi connectivity index (χ3n) is 4.30. The van der Waals surface area contributed by atoms with Crippen LogP contribution < -0.4 is 27.0 Å². The van der Waals surface area contributed by atoms with Crippen molar-refractivity contribution in [1.29, 1.82) is 0 Å². The van der Waals surface area contributed by atoms with Crippen molar-refractivity contribution in [3.05, 3.63) is 65.7 Å². The molecule has 1 heterocycles. The van der Waals surface area contributed by atoms with Crippen LogP contribution in [0.1, 0.15) is 17.5 Å². The lowest BCUT2D eigenvalue weighted by molar-refractivity contribution is -0.137. The highest BCUT2D eigenvalue weighted by atomic mass is 19.4. The maximum atomic E-state index is 12.7. The number of rotatable bonds is 5. The molecule has 1 aliphatic heterocycles. The first-order chi connectivity index (χ1) is 15.2. The SMILES string of the molecule is O=C(C[C@@H]1N=C(Cc2ccccc2)NNC1=O)NNC(=O)Nc1cccc(C(F)(F)F)c1. The van der Waals surface area contributed by atoms with Gasteiger partial charge in [0.25, 0.3) is 5.91 Å². The minimum absolute atomic E-state index is 0.112. The van der Waals surface area contributed by atoms with Crippen molar-refractivity contribution in [2.45, 2.75) is 25.1 Å². The maximum absolute atomic E-state index is 12.7. The van der Waals surface area contributed by atoms with Gasteiger partial charge in [0.2, 0.25) is 5.91 Å². The van der Waals surface area contributed by atoms with Crippen molar-refractivity contribution >= 4 is 29.4 Å². The van der Waals surface area contributed by atoms with Gasteiger partial charge in [-0.1, -0.05) is 36.4 Å². The summed E-state index contributed by atoms with van der Waals surface area (Å²) in [5.41, 5.74) is 9.12. The van der Waals surface area contributed by atoms with Crippen molar-refractivity contribution in [3.8, 4) is 0 Å². The van der Waals surface area contributed by atoms with Crippen molar-refractivity contribution in [2.75, 3.05) is 5.32 Å². The van der Waals surface area contributed by atoms with Crippen LogP contribution in [0.3, 0.4) is 0 Å². The summed E-state index contributed by atoms with van der Waals surface area (Å²) in [4.78, 5) is 40.1. The molecule has 0 aromatic heterocycles. The van der Waals surface area contributed by atoms with E-state index in [1.165, 1.54) is 6.07 Å². The van der Waals surface area contributed by atoms with Crippen molar-refractivity contribution in [3.63, 3.8) is 0 Å². The van der Waals surface area contributed by atoms with Gasteiger partial charge in [0, 0.05) is 12.1 Å². The monoisotopic (exact) mass is 448 g/mol. The summed E-state index contributed by atoms with van der Waals surface area (Å²) in [5, 5.41) is 2.17. The molecule has 32 heavy (non-hydrogen) atoms. The second-order valence-corrected chi connectivity index (χ2v) is 6.78. The molecule has 0 bridgehead atoms. The fraction of sp³-hybridized carbons (Fsp3) is 0.200. The van der Waals surface area contributed by atoms with E-state index >= 15 is 0 Å². The number of carbonyl (C=O) groups excluding carboxylic acids is 3. The van der Waals surface area contributed by atoms with Gasteiger partial charge in [-0.05, 0) is 23.8 Å². The van der Waals surface area contributed by atoms with E-state index in [2.05, 4.69) is 26.6 Å². The molecule has 0 saturated carbocycles. The zero-order chi connectivity index (χ0) is 23.1. The van der Waals surface area contributed by atoms with E-state index in [4.69, 9.17) is 0 Å². The Bertz CT molecular complexity index is 1030. The highest BCUT2D eigenvalue weighted by Crippen LogP contribution is 2.30. The Morgan fingerprint density at radius 2 is 1.75 bits per heavy atom. The normalized spacial score (nSPS) is 15.7. The Labute approximate surface area is 180 Å². The number of amidine groups is 1. The standard InChI is InChI=1S/C20H19F3N6O3/c21-20(22,23)13-7-4-8-14(10-13)24-19(32)29-27-17(30)11-15-18(31)28-26-16(25-15)9-12-5-2-1-3-6-12/h1-8,10,15H,9,11H2,(H,25,26)(H,27,30)(H,28,31)(H2,24,29,32)/t15-/m0/s1. The zero-order valence-corrected chi connectivity index (χ0v) is 16.5. The molecule has 3 rings (SSSR count). The first-order valence-corrected chi connectivity index (χ1v) is 9.40. The quantitative estimate of drug-likeness (QED) is 0.448. The van der Waals surface area contributed by atoms with E-state index in [9.17, 15) is 27.6 Å². The second-order valence-electron chi connectivity index (χ2n) is 6.78. The van der Waals surface area contributed by atoms with Crippen LogP contribution in [0, 0.1) is 0 Å². The van der Waals surface area contributed by atoms with Gasteiger partial charge < -0.3 is 5.32 Å². The van der Waals surface area contributed by atoms with E-state index in [1.54, 1.807) is 0 Å². The predicted octanol–water partition coefficient (Wildman–Crippen LogP) is 1.89. The summed E-state index contributed by atoms with van der Waals surface area (Å²) in [5.74, 6) is -0.775. The predicted molar refractivity (Wildman–Crippen MR) is 109 cm³/mol. The van der Waals surface area contributed by atoms with E-state index in [-0.39, 0.29) is 12.1 Å². The highest BCUT2D eigenvalue weighted by molar-refractivity contribution is 5.97. The van der Waals surface area contributed by atoms with Gasteiger partial charge in [0.1, 0.15) is 11.9 Å². The molecule has 2 aromatic carbocycles. The van der Waals surface area contributed by atoms with Crippen LogP contribution >= 0.6 is 0 Å². The van der Waals surface area contributed by atoms with Crippen LogP contribution in [0.4, 0.5) is 23.7 Å². The van der Waals surface area contributed by atoms with Crippen LogP contribution in [0.25, 0.3) is 0 Å². The number of hydrazine groups is 2. The first-order valence-electron chi connectivity index (χ1n) is 9.40. The van der Waals surface area contributed by atoms with Crippen LogP contribution in [-0.4, -0.2) is 29.7 Å². The molecule has 1 aliphatic rings. The molecular formula is C20H19F3N6O3. The molecule has 0 saturated heterocycles. The number of alkyl halides is 3. The molecule has 0 radical (unpaired) electrons. The molecule has 0 spiro atoms. The molecule has 9 nitrogen and oxygen atoms in total. The number of urea groups is 1. The largest absolute Gasteiger partial charge is 0.416 e. The molecule has 1 atom stereocenters. The number of nitrogens with one attached hydrogen (secondary N) is 5. The van der Waals surface area contributed by atoms with Gasteiger partial charge >= 0.3 is 12.2 Å². The molecule has 0 unspecified atom stereocenters. The fourth-order valence-electron chi connectivity index (χ4n) is 2.80. The summed E-state index contributed by atoms with van der Waals surface area (Å²) < 4.78 is 38.2. The zero-order valence-electron chi connectivity index (χ0n) is 16.5. The smallest absolute Gasteiger partial charge is 0.307 e. The number of halogens is 3. The van der Waals surface area contributed by atoms with Gasteiger partial charge in [-0.15, -0.1) is 0 Å². The fourth-order valence-corrected chi connectivity index (χ4v) is 2.80. The third-order valence-corrected chi connectivity index (χ3v) is 4.30. The highest BCUT2D eigenvalue weighted by Gasteiger charge is 2.30. The number of carbonyl (C=O) groups is 3. The lowest BCUT2D eigenvalue weighted by atomic mass is 10.1. The summed E-state index contributed by atoms with van der Waals surface area (Å²) in [7, 11) is 0. The Morgan fingerprint density at radius 1 is 1.00 bits per heavy atom. The minimum Gasteiger partial charge on any atom is -0.307 e. The average Bonchev–Trinajstić information content (AvgIpc) is 2.75. The number of nitrogens with zero attached hydrogens (tertiary/aromatic N) is 1. The summed E-state index contributed by atoms with van der Waals surface area (Å²) in [6.07, 6.45) is -4.50. The lowest BCUT2D eigenvalue weighted by Gasteiger charge is -2.22. The van der Waals surface area contributed by atoms with Crippen LogP contribution in [-0.2, 0) is 22.2 Å². The molecule has 0 aliphatic carbocycles. The van der Waals surface area contributed by atoms with Crippen LogP contribution in [0.5, 0.6) is 0 Å². The van der Waals surface area contributed by atoms with Crippen LogP contribution in [0.15, 0.2) is 59.6 Å². The Kier molecular flexibility index (Phi) is 6.93. The minimum atomic E-state index is -4.56. The van der Waals surface area contributed by atoms with E-state index in [0.29, 0.717) is 12.3 Å². The van der Waals surface area contributed by atoms with Gasteiger partial charge in [-0.2, -0.15) is 13.2 Å². The lowest BCUT2D eigenvalue weighted by Crippen LogP contribution is -2.53. The third kappa shape index (κ3) is 6.45. The summed E-state index contributed by atoms with van der Waals surface area (Å²) in [6, 6.07) is 11.4. The Morgan fingerprint density at radius 3 is 2.47 bits per heavy atom. The van der Waals surface area contributed by atoms with Crippen molar-refractivity contribution < 1.29 is 27.6 Å². The molecule has 5 N–H and O–H groups in total. The first kappa shape index (κ1) is 22.6. The van der Waals surface area contributed by atoms with E-state index in [0.717, 1.165) is 23.8 Å². The second kappa shape index (κ2) is 9.81. The topological polar surface area (TPSA) is 124 Å². The summed E-state index contributed by atoms with van der Waals surface area (Å²) >= 11 is 0. The number of hydrogen-bond acceptors (Lipinski definition) is 5. The molecule has 2 aromatic rings. The number of amides is 4.